The molecule has 1 aliphatic rings. The number of likely N-dealkylation sites (N-methyl/N-ethyl adjacent to an activating group) is 1. The quantitative estimate of drug-likeness (QED) is 0.770. The van der Waals surface area contributed by atoms with Crippen LogP contribution in [-0.2, 0) is 6.18 Å². The second-order valence-electron chi connectivity index (χ2n) is 4.59. The highest BCUT2D eigenvalue weighted by atomic mass is 19.4. The van der Waals surface area contributed by atoms with Crippen LogP contribution in [0.25, 0.3) is 0 Å². The summed E-state index contributed by atoms with van der Waals surface area (Å²) in [6.45, 7) is 1.49. The largest absolute Gasteiger partial charge is 0.416 e. The molecule has 0 aromatic heterocycles. The van der Waals surface area contributed by atoms with Gasteiger partial charge in [-0.1, -0.05) is 0 Å². The fourth-order valence-corrected chi connectivity index (χ4v) is 2.37. The molecule has 2 N–H and O–H groups in total. The van der Waals surface area contributed by atoms with Crippen LogP contribution >= 0.6 is 0 Å². The van der Waals surface area contributed by atoms with E-state index >= 15 is 0 Å². The van der Waals surface area contributed by atoms with Crippen LogP contribution in [0.2, 0.25) is 0 Å². The van der Waals surface area contributed by atoms with Gasteiger partial charge < -0.3 is 10.6 Å². The SMILES string of the molecule is CN1CC[C@H](c2cc(N)ccc2C(F)(F)F)C1. The number of alkyl halides is 3. The number of nitrogen functional groups attached to an aromatic ring is 1. The topological polar surface area (TPSA) is 29.3 Å². The van der Waals surface area contributed by atoms with E-state index < -0.39 is 11.7 Å². The van der Waals surface area contributed by atoms with E-state index in [0.717, 1.165) is 19.0 Å². The first-order valence-electron chi connectivity index (χ1n) is 5.53. The Bertz CT molecular complexity index is 415. The van der Waals surface area contributed by atoms with Crippen LogP contribution in [0.3, 0.4) is 0 Å². The summed E-state index contributed by atoms with van der Waals surface area (Å²) in [5.41, 5.74) is 5.77. The van der Waals surface area contributed by atoms with Crippen molar-refractivity contribution in [3.63, 3.8) is 0 Å². The molecule has 0 saturated carbocycles. The van der Waals surface area contributed by atoms with Crippen molar-refractivity contribution in [1.82, 2.24) is 4.90 Å². The van der Waals surface area contributed by atoms with Gasteiger partial charge in [0.2, 0.25) is 0 Å². The van der Waals surface area contributed by atoms with Crippen molar-refractivity contribution in [3.8, 4) is 0 Å². The summed E-state index contributed by atoms with van der Waals surface area (Å²) >= 11 is 0. The lowest BCUT2D eigenvalue weighted by Gasteiger charge is -2.18. The molecule has 17 heavy (non-hydrogen) atoms. The summed E-state index contributed by atoms with van der Waals surface area (Å²) in [5.74, 6) is -0.0693. The van der Waals surface area contributed by atoms with Crippen molar-refractivity contribution in [3.05, 3.63) is 29.3 Å². The molecule has 2 rings (SSSR count). The Morgan fingerprint density at radius 3 is 2.59 bits per heavy atom. The second-order valence-corrected chi connectivity index (χ2v) is 4.59. The monoisotopic (exact) mass is 244 g/mol. The maximum atomic E-state index is 12.9. The Balaban J connectivity index is 2.40. The van der Waals surface area contributed by atoms with Crippen molar-refractivity contribution in [1.29, 1.82) is 0 Å². The standard InChI is InChI=1S/C12H15F3N2/c1-17-5-4-8(7-17)10-6-9(16)2-3-11(10)12(13,14)15/h2-3,6,8H,4-5,7,16H2,1H3/t8-/m0/s1. The van der Waals surface area contributed by atoms with E-state index in [9.17, 15) is 13.2 Å². The van der Waals surface area contributed by atoms with Gasteiger partial charge in [0.15, 0.2) is 0 Å². The number of halogens is 3. The van der Waals surface area contributed by atoms with Gasteiger partial charge in [0.05, 0.1) is 5.56 Å². The lowest BCUT2D eigenvalue weighted by Crippen LogP contribution is -2.16. The summed E-state index contributed by atoms with van der Waals surface area (Å²) in [4.78, 5) is 2.04. The normalized spacial score (nSPS) is 22.0. The van der Waals surface area contributed by atoms with Crippen molar-refractivity contribution >= 4 is 5.69 Å². The van der Waals surface area contributed by atoms with Crippen LogP contribution in [0, 0.1) is 0 Å². The molecule has 0 spiro atoms. The summed E-state index contributed by atoms with van der Waals surface area (Å²) in [5, 5.41) is 0. The van der Waals surface area contributed by atoms with Crippen molar-refractivity contribution in [2.24, 2.45) is 0 Å². The number of rotatable bonds is 1. The lowest BCUT2D eigenvalue weighted by atomic mass is 9.92. The molecule has 0 aliphatic carbocycles. The maximum absolute atomic E-state index is 12.9. The third-order valence-electron chi connectivity index (χ3n) is 3.21. The van der Waals surface area contributed by atoms with Crippen LogP contribution in [0.4, 0.5) is 18.9 Å². The molecule has 0 unspecified atom stereocenters. The number of hydrogen-bond acceptors (Lipinski definition) is 2. The van der Waals surface area contributed by atoms with Gasteiger partial charge in [0.25, 0.3) is 0 Å². The van der Waals surface area contributed by atoms with E-state index in [4.69, 9.17) is 5.73 Å². The van der Waals surface area contributed by atoms with E-state index in [0.29, 0.717) is 17.8 Å². The maximum Gasteiger partial charge on any atom is 0.416 e. The zero-order valence-electron chi connectivity index (χ0n) is 9.59. The molecular weight excluding hydrogens is 229 g/mol. The van der Waals surface area contributed by atoms with E-state index in [1.165, 1.54) is 12.1 Å². The minimum atomic E-state index is -4.30. The number of anilines is 1. The van der Waals surface area contributed by atoms with Gasteiger partial charge in [-0.25, -0.2) is 0 Å². The van der Waals surface area contributed by atoms with Crippen LogP contribution in [0.5, 0.6) is 0 Å². The molecule has 0 radical (unpaired) electrons. The fraction of sp³-hybridized carbons (Fsp3) is 0.500. The Labute approximate surface area is 98.2 Å². The molecule has 1 aliphatic heterocycles. The van der Waals surface area contributed by atoms with Gasteiger partial charge in [0, 0.05) is 12.2 Å². The molecule has 1 fully saturated rings. The number of likely N-dealkylation sites (tertiary alicyclic amines) is 1. The average molecular weight is 244 g/mol. The first kappa shape index (κ1) is 12.2. The Morgan fingerprint density at radius 1 is 1.35 bits per heavy atom. The molecule has 5 heteroatoms. The molecule has 1 heterocycles. The van der Waals surface area contributed by atoms with Gasteiger partial charge in [-0.3, -0.25) is 0 Å². The summed E-state index contributed by atoms with van der Waals surface area (Å²) in [6.07, 6.45) is -3.55. The minimum Gasteiger partial charge on any atom is -0.399 e. The zero-order chi connectivity index (χ0) is 12.6. The van der Waals surface area contributed by atoms with Crippen molar-refractivity contribution < 1.29 is 13.2 Å². The first-order chi connectivity index (χ1) is 7.88. The number of benzene rings is 1. The molecule has 2 nitrogen and oxygen atoms in total. The average Bonchev–Trinajstić information content (AvgIpc) is 2.62. The summed E-state index contributed by atoms with van der Waals surface area (Å²) in [7, 11) is 1.92. The first-order valence-corrected chi connectivity index (χ1v) is 5.53. The molecule has 1 aromatic rings. The molecular formula is C12H15F3N2. The fourth-order valence-electron chi connectivity index (χ4n) is 2.37. The summed E-state index contributed by atoms with van der Waals surface area (Å²) in [6, 6.07) is 3.86. The third kappa shape index (κ3) is 2.54. The molecule has 0 bridgehead atoms. The molecule has 1 saturated heterocycles. The van der Waals surface area contributed by atoms with Gasteiger partial charge >= 0.3 is 6.18 Å². The summed E-state index contributed by atoms with van der Waals surface area (Å²) < 4.78 is 38.6. The minimum absolute atomic E-state index is 0.0693. The number of nitrogens with zero attached hydrogens (tertiary/aromatic N) is 1. The van der Waals surface area contributed by atoms with Crippen molar-refractivity contribution in [2.75, 3.05) is 25.9 Å². The molecule has 1 aromatic carbocycles. The van der Waals surface area contributed by atoms with Gasteiger partial charge in [-0.2, -0.15) is 13.2 Å². The third-order valence-corrected chi connectivity index (χ3v) is 3.21. The second kappa shape index (κ2) is 4.22. The highest BCUT2D eigenvalue weighted by molar-refractivity contribution is 5.47. The Kier molecular flexibility index (Phi) is 3.03. The highest BCUT2D eigenvalue weighted by Gasteiger charge is 2.36. The highest BCUT2D eigenvalue weighted by Crippen LogP contribution is 2.38. The van der Waals surface area contributed by atoms with Crippen LogP contribution in [0.15, 0.2) is 18.2 Å². The van der Waals surface area contributed by atoms with E-state index in [-0.39, 0.29) is 5.92 Å². The number of hydrogen-bond donors (Lipinski definition) is 1. The number of nitrogens with two attached hydrogens (primary N) is 1. The van der Waals surface area contributed by atoms with Crippen LogP contribution in [-0.4, -0.2) is 25.0 Å². The van der Waals surface area contributed by atoms with Gasteiger partial charge in [0.1, 0.15) is 0 Å². The Morgan fingerprint density at radius 2 is 2.06 bits per heavy atom. The van der Waals surface area contributed by atoms with E-state index in [1.54, 1.807) is 0 Å². The van der Waals surface area contributed by atoms with Crippen LogP contribution in [0.1, 0.15) is 23.5 Å². The zero-order valence-corrected chi connectivity index (χ0v) is 9.59. The smallest absolute Gasteiger partial charge is 0.399 e. The molecule has 1 atom stereocenters. The van der Waals surface area contributed by atoms with E-state index in [1.807, 2.05) is 11.9 Å². The van der Waals surface area contributed by atoms with E-state index in [2.05, 4.69) is 0 Å². The van der Waals surface area contributed by atoms with Crippen LogP contribution < -0.4 is 5.73 Å². The predicted molar refractivity (Wildman–Crippen MR) is 60.7 cm³/mol. The van der Waals surface area contributed by atoms with Gasteiger partial charge in [-0.15, -0.1) is 0 Å². The van der Waals surface area contributed by atoms with Crippen molar-refractivity contribution in [2.45, 2.75) is 18.5 Å². The predicted octanol–water partition coefficient (Wildman–Crippen LogP) is 2.71. The van der Waals surface area contributed by atoms with Gasteiger partial charge in [-0.05, 0) is 49.7 Å². The molecule has 0 amide bonds. The Hall–Kier alpha value is -1.23. The molecule has 94 valence electrons. The lowest BCUT2D eigenvalue weighted by molar-refractivity contribution is -0.138.